The van der Waals surface area contributed by atoms with Crippen molar-refractivity contribution in [3.63, 3.8) is 0 Å². The molecule has 2 aromatic heterocycles. The van der Waals surface area contributed by atoms with E-state index < -0.39 is 0 Å². The van der Waals surface area contributed by atoms with E-state index in [1.807, 2.05) is 48.0 Å². The number of allylic oxidation sites excluding steroid dienone is 2. The van der Waals surface area contributed by atoms with Gasteiger partial charge in [0, 0.05) is 29.8 Å². The number of aryl methyl sites for hydroxylation is 1. The molecule has 0 saturated heterocycles. The second kappa shape index (κ2) is 7.83. The number of benzene rings is 1. The zero-order valence-electron chi connectivity index (χ0n) is 15.4. The predicted molar refractivity (Wildman–Crippen MR) is 108 cm³/mol. The summed E-state index contributed by atoms with van der Waals surface area (Å²) in [6.45, 7) is 11.7. The Hall–Kier alpha value is -3.14. The number of hydrogen-bond acceptors (Lipinski definition) is 2. The molecule has 26 heavy (non-hydrogen) atoms. The summed E-state index contributed by atoms with van der Waals surface area (Å²) in [6, 6.07) is 10.2. The summed E-state index contributed by atoms with van der Waals surface area (Å²) in [6.07, 6.45) is 9.35. The summed E-state index contributed by atoms with van der Waals surface area (Å²) in [5.41, 5.74) is 6.38. The molecule has 4 heteroatoms. The molecule has 0 radical (unpaired) electrons. The second-order valence-electron chi connectivity index (χ2n) is 6.20. The Balaban J connectivity index is 1.92. The van der Waals surface area contributed by atoms with Gasteiger partial charge in [0.2, 0.25) is 0 Å². The number of nitrogens with zero attached hydrogens (tertiary/aromatic N) is 3. The van der Waals surface area contributed by atoms with Crippen LogP contribution in [-0.2, 0) is 12.8 Å². The Bertz CT molecular complexity index is 915. The molecule has 0 spiro atoms. The fourth-order valence-corrected chi connectivity index (χ4v) is 3.04. The highest BCUT2D eigenvalue weighted by Crippen LogP contribution is 2.20. The van der Waals surface area contributed by atoms with Crippen LogP contribution in [0.5, 0.6) is 0 Å². The first-order chi connectivity index (χ1) is 12.6. The molecule has 0 aliphatic heterocycles. The number of nitrogens with one attached hydrogen (secondary N) is 1. The summed E-state index contributed by atoms with van der Waals surface area (Å²) in [5, 5.41) is 4.68. The van der Waals surface area contributed by atoms with E-state index in [1.54, 1.807) is 0 Å². The Labute approximate surface area is 154 Å². The lowest BCUT2D eigenvalue weighted by molar-refractivity contribution is 0.833. The number of aromatic nitrogens is 4. The average molecular weight is 344 g/mol. The van der Waals surface area contributed by atoms with Crippen LogP contribution in [0.25, 0.3) is 17.8 Å². The zero-order valence-corrected chi connectivity index (χ0v) is 15.4. The van der Waals surface area contributed by atoms with Gasteiger partial charge >= 0.3 is 0 Å². The number of rotatable bonds is 7. The summed E-state index contributed by atoms with van der Waals surface area (Å²) < 4.78 is 1.98. The van der Waals surface area contributed by atoms with Crippen molar-refractivity contribution in [2.45, 2.75) is 26.7 Å². The molecule has 0 fully saturated rings. The van der Waals surface area contributed by atoms with Gasteiger partial charge in [0.15, 0.2) is 0 Å². The van der Waals surface area contributed by atoms with Gasteiger partial charge in [-0.1, -0.05) is 30.4 Å². The van der Waals surface area contributed by atoms with Gasteiger partial charge in [-0.05, 0) is 38.1 Å². The molecule has 3 rings (SSSR count). The average Bonchev–Trinajstić information content (AvgIpc) is 3.15. The molecule has 0 aliphatic rings. The first-order valence-corrected chi connectivity index (χ1v) is 8.73. The fraction of sp³-hybridized carbons (Fsp3) is 0.182. The smallest absolute Gasteiger partial charge is 0.130 e. The molecule has 132 valence electrons. The molecular weight excluding hydrogens is 320 g/mol. The Morgan fingerprint density at radius 3 is 2.46 bits per heavy atom. The number of H-pyrrole nitrogens is 1. The maximum atomic E-state index is 4.68. The Morgan fingerprint density at radius 1 is 1.04 bits per heavy atom. The van der Waals surface area contributed by atoms with Crippen molar-refractivity contribution < 1.29 is 0 Å². The minimum atomic E-state index is 0.748. The van der Waals surface area contributed by atoms with Gasteiger partial charge in [-0.2, -0.15) is 5.10 Å². The highest BCUT2D eigenvalue weighted by atomic mass is 15.3. The normalized spacial score (nSPS) is 11.2. The van der Waals surface area contributed by atoms with Crippen molar-refractivity contribution in [1.82, 2.24) is 19.7 Å². The van der Waals surface area contributed by atoms with Crippen molar-refractivity contribution in [2.24, 2.45) is 0 Å². The van der Waals surface area contributed by atoms with E-state index in [1.165, 1.54) is 0 Å². The molecule has 4 nitrogen and oxygen atoms in total. The van der Waals surface area contributed by atoms with Gasteiger partial charge in [-0.15, -0.1) is 13.2 Å². The molecule has 1 aromatic carbocycles. The van der Waals surface area contributed by atoms with Gasteiger partial charge in [0.05, 0.1) is 17.1 Å². The van der Waals surface area contributed by atoms with E-state index in [2.05, 4.69) is 53.4 Å². The summed E-state index contributed by atoms with van der Waals surface area (Å²) in [4.78, 5) is 8.04. The number of imidazole rings is 1. The number of para-hydroxylation sites is 1. The lowest BCUT2D eigenvalue weighted by Gasteiger charge is -2.03. The van der Waals surface area contributed by atoms with Crippen molar-refractivity contribution in [3.05, 3.63) is 89.8 Å². The van der Waals surface area contributed by atoms with E-state index in [9.17, 15) is 0 Å². The van der Waals surface area contributed by atoms with E-state index in [0.717, 1.165) is 52.7 Å². The fourth-order valence-electron chi connectivity index (χ4n) is 3.04. The largest absolute Gasteiger partial charge is 0.342 e. The van der Waals surface area contributed by atoms with E-state index in [0.29, 0.717) is 0 Å². The van der Waals surface area contributed by atoms with Gasteiger partial charge < -0.3 is 4.98 Å². The second-order valence-corrected chi connectivity index (χ2v) is 6.20. The standard InChI is InChI=1S/C22H24N4/c1-5-10-20-21(11-6-2)24-22(23-20)15-14-19-16(3)25-26(17(19)4)18-12-8-7-9-13-18/h5-9,12-15H,1-2,10-11H2,3-4H3,(H,23,24). The maximum Gasteiger partial charge on any atom is 0.130 e. The van der Waals surface area contributed by atoms with Crippen LogP contribution in [0.15, 0.2) is 55.6 Å². The van der Waals surface area contributed by atoms with Crippen LogP contribution in [0, 0.1) is 13.8 Å². The first kappa shape index (κ1) is 17.7. The lowest BCUT2D eigenvalue weighted by atomic mass is 10.2. The van der Waals surface area contributed by atoms with Crippen molar-refractivity contribution in [1.29, 1.82) is 0 Å². The van der Waals surface area contributed by atoms with Crippen molar-refractivity contribution in [3.8, 4) is 5.69 Å². The third-order valence-electron chi connectivity index (χ3n) is 4.32. The zero-order chi connectivity index (χ0) is 18.5. The molecule has 0 unspecified atom stereocenters. The van der Waals surface area contributed by atoms with Crippen LogP contribution < -0.4 is 0 Å². The molecule has 0 atom stereocenters. The van der Waals surface area contributed by atoms with Crippen LogP contribution in [-0.4, -0.2) is 19.7 Å². The van der Waals surface area contributed by atoms with Gasteiger partial charge in [-0.25, -0.2) is 9.67 Å². The maximum absolute atomic E-state index is 4.68. The summed E-state index contributed by atoms with van der Waals surface area (Å²) >= 11 is 0. The van der Waals surface area contributed by atoms with Crippen molar-refractivity contribution in [2.75, 3.05) is 0 Å². The molecule has 0 amide bonds. The lowest BCUT2D eigenvalue weighted by Crippen LogP contribution is -1.98. The quantitative estimate of drug-likeness (QED) is 0.623. The summed E-state index contributed by atoms with van der Waals surface area (Å²) in [5.74, 6) is 0.838. The monoisotopic (exact) mass is 344 g/mol. The predicted octanol–water partition coefficient (Wildman–Crippen LogP) is 4.84. The van der Waals surface area contributed by atoms with E-state index in [-0.39, 0.29) is 0 Å². The van der Waals surface area contributed by atoms with Gasteiger partial charge in [0.25, 0.3) is 0 Å². The molecule has 1 N–H and O–H groups in total. The molecule has 2 heterocycles. The third-order valence-corrected chi connectivity index (χ3v) is 4.32. The Kier molecular flexibility index (Phi) is 5.32. The number of hydrogen-bond donors (Lipinski definition) is 1. The molecular formula is C22H24N4. The van der Waals surface area contributed by atoms with Crippen molar-refractivity contribution >= 4 is 12.2 Å². The van der Waals surface area contributed by atoms with Crippen LogP contribution in [0.4, 0.5) is 0 Å². The van der Waals surface area contributed by atoms with Gasteiger partial charge in [-0.3, -0.25) is 0 Å². The molecule has 3 aromatic rings. The number of aromatic amines is 1. The van der Waals surface area contributed by atoms with Crippen LogP contribution in [0.2, 0.25) is 0 Å². The highest BCUT2D eigenvalue weighted by Gasteiger charge is 2.11. The van der Waals surface area contributed by atoms with Crippen LogP contribution in [0.1, 0.15) is 34.2 Å². The van der Waals surface area contributed by atoms with E-state index >= 15 is 0 Å². The molecule has 0 saturated carbocycles. The molecule has 0 bridgehead atoms. The van der Waals surface area contributed by atoms with Gasteiger partial charge in [0.1, 0.15) is 5.82 Å². The summed E-state index contributed by atoms with van der Waals surface area (Å²) in [7, 11) is 0. The van der Waals surface area contributed by atoms with Crippen LogP contribution >= 0.6 is 0 Å². The minimum absolute atomic E-state index is 0.748. The van der Waals surface area contributed by atoms with Crippen LogP contribution in [0.3, 0.4) is 0 Å². The van der Waals surface area contributed by atoms with E-state index in [4.69, 9.17) is 0 Å². The SMILES string of the molecule is C=CCc1nc(C=Cc2c(C)nn(-c3ccccc3)c2C)[nH]c1CC=C. The topological polar surface area (TPSA) is 46.5 Å². The third kappa shape index (κ3) is 3.59. The first-order valence-electron chi connectivity index (χ1n) is 8.73. The minimum Gasteiger partial charge on any atom is -0.342 e. The highest BCUT2D eigenvalue weighted by molar-refractivity contribution is 5.70. The molecule has 0 aliphatic carbocycles. The Morgan fingerprint density at radius 2 is 1.77 bits per heavy atom.